The molecule has 3 heteroatoms. The van der Waals surface area contributed by atoms with Crippen molar-refractivity contribution < 1.29 is 0 Å². The third-order valence-corrected chi connectivity index (χ3v) is 5.04. The summed E-state index contributed by atoms with van der Waals surface area (Å²) in [6, 6.07) is 13.1. The van der Waals surface area contributed by atoms with Gasteiger partial charge in [-0.05, 0) is 60.9 Å². The van der Waals surface area contributed by atoms with Crippen molar-refractivity contribution in [1.29, 1.82) is 5.26 Å². The molecule has 0 saturated heterocycles. The number of hydrogen-bond acceptors (Lipinski definition) is 3. The van der Waals surface area contributed by atoms with Crippen LogP contribution in [0.15, 0.2) is 35.7 Å². The van der Waals surface area contributed by atoms with Crippen LogP contribution in [0.2, 0.25) is 0 Å². The molecule has 1 N–H and O–H groups in total. The van der Waals surface area contributed by atoms with Gasteiger partial charge in [-0.1, -0.05) is 12.1 Å². The Kier molecular flexibility index (Phi) is 3.86. The summed E-state index contributed by atoms with van der Waals surface area (Å²) in [5.41, 5.74) is 3.45. The molecule has 1 aliphatic carbocycles. The fraction of sp³-hybridized carbons (Fsp3) is 0.353. The molecule has 2 aromatic rings. The number of hydrogen-bond donors (Lipinski definition) is 1. The summed E-state index contributed by atoms with van der Waals surface area (Å²) in [6.45, 7) is 2.20. The zero-order valence-electron chi connectivity index (χ0n) is 11.6. The number of nitriles is 1. The maximum Gasteiger partial charge on any atom is 0.0991 e. The first-order valence-corrected chi connectivity index (χ1v) is 7.98. The lowest BCUT2D eigenvalue weighted by molar-refractivity contribution is 0.418. The summed E-state index contributed by atoms with van der Waals surface area (Å²) in [7, 11) is 0. The van der Waals surface area contributed by atoms with Crippen LogP contribution in [-0.2, 0) is 6.42 Å². The van der Waals surface area contributed by atoms with Crippen LogP contribution in [0.25, 0.3) is 0 Å². The van der Waals surface area contributed by atoms with Gasteiger partial charge in [-0.15, -0.1) is 11.3 Å². The molecule has 2 nitrogen and oxygen atoms in total. The molecule has 0 saturated carbocycles. The summed E-state index contributed by atoms with van der Waals surface area (Å²) in [4.78, 5) is 1.54. The minimum absolute atomic E-state index is 0.304. The second kappa shape index (κ2) is 5.78. The van der Waals surface area contributed by atoms with Crippen molar-refractivity contribution in [2.75, 3.05) is 0 Å². The highest BCUT2D eigenvalue weighted by molar-refractivity contribution is 7.10. The maximum absolute atomic E-state index is 8.85. The molecule has 3 rings (SSSR count). The van der Waals surface area contributed by atoms with Gasteiger partial charge < -0.3 is 5.32 Å². The van der Waals surface area contributed by atoms with E-state index in [2.05, 4.69) is 29.8 Å². The Morgan fingerprint density at radius 2 is 2.10 bits per heavy atom. The molecule has 20 heavy (non-hydrogen) atoms. The first-order valence-electron chi connectivity index (χ1n) is 7.10. The van der Waals surface area contributed by atoms with E-state index in [0.29, 0.717) is 12.1 Å². The van der Waals surface area contributed by atoms with Crippen LogP contribution in [0.3, 0.4) is 0 Å². The van der Waals surface area contributed by atoms with Gasteiger partial charge >= 0.3 is 0 Å². The third-order valence-electron chi connectivity index (χ3n) is 4.04. The Bertz CT molecular complexity index is 621. The first-order chi connectivity index (χ1) is 9.78. The Labute approximate surface area is 124 Å². The van der Waals surface area contributed by atoms with Crippen molar-refractivity contribution in [2.45, 2.75) is 38.3 Å². The van der Waals surface area contributed by atoms with Crippen LogP contribution in [0.1, 0.15) is 53.4 Å². The minimum Gasteiger partial charge on any atom is -0.303 e. The Hall–Kier alpha value is -1.63. The summed E-state index contributed by atoms with van der Waals surface area (Å²) in [5.74, 6) is 0. The number of benzene rings is 1. The summed E-state index contributed by atoms with van der Waals surface area (Å²) < 4.78 is 0. The number of fused-ring (bicyclic) bond motifs is 1. The quantitative estimate of drug-likeness (QED) is 0.908. The monoisotopic (exact) mass is 282 g/mol. The second-order valence-corrected chi connectivity index (χ2v) is 6.37. The fourth-order valence-corrected chi connectivity index (χ4v) is 3.89. The molecule has 0 spiro atoms. The highest BCUT2D eigenvalue weighted by Gasteiger charge is 2.22. The van der Waals surface area contributed by atoms with E-state index in [9.17, 15) is 0 Å². The Morgan fingerprint density at radius 1 is 1.30 bits per heavy atom. The molecule has 0 aliphatic heterocycles. The van der Waals surface area contributed by atoms with Crippen molar-refractivity contribution in [1.82, 2.24) is 5.32 Å². The predicted molar refractivity (Wildman–Crippen MR) is 82.7 cm³/mol. The van der Waals surface area contributed by atoms with E-state index in [4.69, 9.17) is 5.26 Å². The molecule has 1 aliphatic rings. The molecule has 1 aromatic heterocycles. The van der Waals surface area contributed by atoms with E-state index in [0.717, 1.165) is 5.56 Å². The average Bonchev–Trinajstić information content (AvgIpc) is 2.97. The zero-order chi connectivity index (χ0) is 13.9. The molecule has 0 amide bonds. The molecular formula is C17H18N2S. The SMILES string of the molecule is CC(NC1CCCc2sccc21)c1ccc(C#N)cc1. The van der Waals surface area contributed by atoms with E-state index in [1.807, 2.05) is 35.6 Å². The second-order valence-electron chi connectivity index (χ2n) is 5.37. The smallest absolute Gasteiger partial charge is 0.0991 e. The summed E-state index contributed by atoms with van der Waals surface area (Å²) in [5, 5.41) is 14.8. The minimum atomic E-state index is 0.304. The molecule has 0 fully saturated rings. The summed E-state index contributed by atoms with van der Waals surface area (Å²) in [6.07, 6.45) is 3.71. The highest BCUT2D eigenvalue weighted by atomic mass is 32.1. The van der Waals surface area contributed by atoms with Gasteiger partial charge in [-0.2, -0.15) is 5.26 Å². The van der Waals surface area contributed by atoms with Crippen LogP contribution >= 0.6 is 11.3 Å². The van der Waals surface area contributed by atoms with Crippen molar-refractivity contribution in [3.05, 3.63) is 57.3 Å². The molecule has 2 atom stereocenters. The van der Waals surface area contributed by atoms with Crippen LogP contribution in [0.5, 0.6) is 0 Å². The number of nitrogens with one attached hydrogen (secondary N) is 1. The van der Waals surface area contributed by atoms with Crippen LogP contribution in [0, 0.1) is 11.3 Å². The molecule has 0 radical (unpaired) electrons. The van der Waals surface area contributed by atoms with Crippen LogP contribution in [-0.4, -0.2) is 0 Å². The first kappa shape index (κ1) is 13.4. The van der Waals surface area contributed by atoms with Crippen molar-refractivity contribution >= 4 is 11.3 Å². The van der Waals surface area contributed by atoms with E-state index in [-0.39, 0.29) is 0 Å². The molecular weight excluding hydrogens is 264 g/mol. The predicted octanol–water partition coefficient (Wildman–Crippen LogP) is 4.35. The Morgan fingerprint density at radius 3 is 2.85 bits per heavy atom. The number of rotatable bonds is 3. The largest absolute Gasteiger partial charge is 0.303 e. The van der Waals surface area contributed by atoms with E-state index >= 15 is 0 Å². The number of aryl methyl sites for hydroxylation is 1. The van der Waals surface area contributed by atoms with Gasteiger partial charge in [0.05, 0.1) is 11.6 Å². The summed E-state index contributed by atoms with van der Waals surface area (Å²) >= 11 is 1.88. The molecule has 1 heterocycles. The lowest BCUT2D eigenvalue weighted by Gasteiger charge is -2.27. The van der Waals surface area contributed by atoms with Gasteiger partial charge in [0.15, 0.2) is 0 Å². The highest BCUT2D eigenvalue weighted by Crippen LogP contribution is 2.34. The Balaban J connectivity index is 1.73. The van der Waals surface area contributed by atoms with Gasteiger partial charge in [-0.3, -0.25) is 0 Å². The standard InChI is InChI=1S/C17H18N2S/c1-12(14-7-5-13(11-18)6-8-14)19-16-3-2-4-17-15(16)9-10-20-17/h5-10,12,16,19H,2-4H2,1H3. The van der Waals surface area contributed by atoms with Crippen LogP contribution < -0.4 is 5.32 Å². The van der Waals surface area contributed by atoms with E-state index in [1.165, 1.54) is 30.4 Å². The van der Waals surface area contributed by atoms with Gasteiger partial charge in [-0.25, -0.2) is 0 Å². The van der Waals surface area contributed by atoms with Crippen molar-refractivity contribution in [3.63, 3.8) is 0 Å². The maximum atomic E-state index is 8.85. The van der Waals surface area contributed by atoms with Crippen LogP contribution in [0.4, 0.5) is 0 Å². The van der Waals surface area contributed by atoms with Gasteiger partial charge in [0.1, 0.15) is 0 Å². The van der Waals surface area contributed by atoms with E-state index < -0.39 is 0 Å². The fourth-order valence-electron chi connectivity index (χ4n) is 2.90. The van der Waals surface area contributed by atoms with Crippen molar-refractivity contribution in [3.8, 4) is 6.07 Å². The zero-order valence-corrected chi connectivity index (χ0v) is 12.4. The normalized spacial score (nSPS) is 19.1. The number of thiophene rings is 1. The van der Waals surface area contributed by atoms with Gasteiger partial charge in [0.25, 0.3) is 0 Å². The molecule has 102 valence electrons. The van der Waals surface area contributed by atoms with E-state index in [1.54, 1.807) is 4.88 Å². The molecule has 0 bridgehead atoms. The average molecular weight is 282 g/mol. The lowest BCUT2D eigenvalue weighted by atomic mass is 9.93. The van der Waals surface area contributed by atoms with Crippen molar-refractivity contribution in [2.24, 2.45) is 0 Å². The molecule has 1 aromatic carbocycles. The van der Waals surface area contributed by atoms with Gasteiger partial charge in [0, 0.05) is 17.0 Å². The lowest BCUT2D eigenvalue weighted by Crippen LogP contribution is -2.27. The van der Waals surface area contributed by atoms with Gasteiger partial charge in [0.2, 0.25) is 0 Å². The number of nitrogens with zero attached hydrogens (tertiary/aromatic N) is 1. The topological polar surface area (TPSA) is 35.8 Å². The molecule has 2 unspecified atom stereocenters. The third kappa shape index (κ3) is 2.63.